The van der Waals surface area contributed by atoms with Crippen LogP contribution in [0.15, 0.2) is 24.3 Å². The molecule has 2 nitrogen and oxygen atoms in total. The summed E-state index contributed by atoms with van der Waals surface area (Å²) in [7, 11) is 0. The molecule has 1 aliphatic heterocycles. The fourth-order valence-corrected chi connectivity index (χ4v) is 3.87. The lowest BCUT2D eigenvalue weighted by atomic mass is 9.82. The Hall–Kier alpha value is -0.860. The molecule has 2 aliphatic rings. The second-order valence-corrected chi connectivity index (χ2v) is 6.29. The van der Waals surface area contributed by atoms with Crippen LogP contribution in [0.5, 0.6) is 0 Å². The third-order valence-electron chi connectivity index (χ3n) is 4.91. The molecule has 1 aromatic rings. The van der Waals surface area contributed by atoms with Crippen molar-refractivity contribution in [1.82, 2.24) is 4.90 Å². The average molecular weight is 258 g/mol. The van der Waals surface area contributed by atoms with Gasteiger partial charge in [-0.05, 0) is 68.2 Å². The summed E-state index contributed by atoms with van der Waals surface area (Å²) in [5, 5.41) is 0. The Labute approximate surface area is 117 Å². The number of likely N-dealkylation sites (tertiary alicyclic amines) is 1. The Kier molecular flexibility index (Phi) is 4.19. The maximum atomic E-state index is 5.85. The summed E-state index contributed by atoms with van der Waals surface area (Å²) in [6, 6.07) is 9.06. The molecule has 0 saturated carbocycles. The first-order valence-corrected chi connectivity index (χ1v) is 7.87. The van der Waals surface area contributed by atoms with E-state index in [-0.39, 0.29) is 0 Å². The second kappa shape index (κ2) is 6.06. The summed E-state index contributed by atoms with van der Waals surface area (Å²) in [5.41, 5.74) is 9.05. The molecular weight excluding hydrogens is 232 g/mol. The van der Waals surface area contributed by atoms with Gasteiger partial charge in [-0.15, -0.1) is 0 Å². The fraction of sp³-hybridized carbons (Fsp3) is 0.647. The highest BCUT2D eigenvalue weighted by Crippen LogP contribution is 2.32. The van der Waals surface area contributed by atoms with Crippen LogP contribution in [-0.2, 0) is 6.42 Å². The van der Waals surface area contributed by atoms with Crippen molar-refractivity contribution >= 4 is 0 Å². The van der Waals surface area contributed by atoms with E-state index in [1.807, 2.05) is 0 Å². The molecule has 0 amide bonds. The lowest BCUT2D eigenvalue weighted by Gasteiger charge is -2.36. The van der Waals surface area contributed by atoms with Crippen molar-refractivity contribution in [2.45, 2.75) is 38.0 Å². The molecular formula is C17H26N2. The molecule has 0 spiro atoms. The van der Waals surface area contributed by atoms with Crippen LogP contribution >= 0.6 is 0 Å². The largest absolute Gasteiger partial charge is 0.330 e. The first kappa shape index (κ1) is 13.1. The van der Waals surface area contributed by atoms with Gasteiger partial charge < -0.3 is 10.6 Å². The number of rotatable bonds is 3. The Morgan fingerprint density at radius 1 is 1.16 bits per heavy atom. The van der Waals surface area contributed by atoms with Gasteiger partial charge in [-0.25, -0.2) is 0 Å². The normalized spacial score (nSPS) is 28.1. The summed E-state index contributed by atoms with van der Waals surface area (Å²) < 4.78 is 0. The zero-order valence-corrected chi connectivity index (χ0v) is 11.9. The molecule has 1 aromatic carbocycles. The molecule has 0 radical (unpaired) electrons. The fourth-order valence-electron chi connectivity index (χ4n) is 3.87. The summed E-state index contributed by atoms with van der Waals surface area (Å²) in [6.07, 6.45) is 6.65. The highest BCUT2D eigenvalue weighted by atomic mass is 15.1. The van der Waals surface area contributed by atoms with Gasteiger partial charge in [0.05, 0.1) is 0 Å². The van der Waals surface area contributed by atoms with E-state index in [0.717, 1.165) is 18.4 Å². The minimum Gasteiger partial charge on any atom is -0.330 e. The summed E-state index contributed by atoms with van der Waals surface area (Å²) in [4.78, 5) is 2.66. The van der Waals surface area contributed by atoms with Gasteiger partial charge in [-0.2, -0.15) is 0 Å². The van der Waals surface area contributed by atoms with E-state index in [1.54, 1.807) is 11.1 Å². The third kappa shape index (κ3) is 3.01. The van der Waals surface area contributed by atoms with Gasteiger partial charge in [0.15, 0.2) is 0 Å². The molecule has 104 valence electrons. The Morgan fingerprint density at radius 3 is 2.95 bits per heavy atom. The van der Waals surface area contributed by atoms with Crippen molar-refractivity contribution in [2.24, 2.45) is 11.7 Å². The number of piperidine rings is 1. The van der Waals surface area contributed by atoms with Crippen LogP contribution in [0.1, 0.15) is 42.7 Å². The molecule has 3 rings (SSSR count). The lowest BCUT2D eigenvalue weighted by molar-refractivity contribution is 0.165. The summed E-state index contributed by atoms with van der Waals surface area (Å²) >= 11 is 0. The van der Waals surface area contributed by atoms with E-state index in [0.29, 0.717) is 0 Å². The molecule has 2 atom stereocenters. The molecule has 2 N–H and O–H groups in total. The van der Waals surface area contributed by atoms with Gasteiger partial charge >= 0.3 is 0 Å². The maximum absolute atomic E-state index is 5.85. The third-order valence-corrected chi connectivity index (χ3v) is 4.91. The van der Waals surface area contributed by atoms with Crippen molar-refractivity contribution in [1.29, 1.82) is 0 Å². The number of benzene rings is 1. The van der Waals surface area contributed by atoms with Gasteiger partial charge in [0.25, 0.3) is 0 Å². The van der Waals surface area contributed by atoms with Crippen molar-refractivity contribution in [3.05, 3.63) is 35.4 Å². The molecule has 0 aromatic heterocycles. The minimum absolute atomic E-state index is 0.729. The zero-order valence-electron chi connectivity index (χ0n) is 11.9. The SMILES string of the molecule is NCC1CCCN(CC2CCCc3ccccc32)C1. The topological polar surface area (TPSA) is 29.3 Å². The molecule has 0 bridgehead atoms. The van der Waals surface area contributed by atoms with Crippen LogP contribution in [0, 0.1) is 5.92 Å². The van der Waals surface area contributed by atoms with Crippen LogP contribution in [0.3, 0.4) is 0 Å². The number of hydrogen-bond donors (Lipinski definition) is 1. The van der Waals surface area contributed by atoms with Crippen LogP contribution < -0.4 is 5.73 Å². The van der Waals surface area contributed by atoms with Crippen molar-refractivity contribution in [2.75, 3.05) is 26.2 Å². The molecule has 1 aliphatic carbocycles. The Bertz CT molecular complexity index is 415. The number of nitrogens with two attached hydrogens (primary N) is 1. The zero-order chi connectivity index (χ0) is 13.1. The highest BCUT2D eigenvalue weighted by molar-refractivity contribution is 5.32. The van der Waals surface area contributed by atoms with Crippen molar-refractivity contribution in [3.63, 3.8) is 0 Å². The first-order valence-electron chi connectivity index (χ1n) is 7.87. The molecule has 2 heteroatoms. The quantitative estimate of drug-likeness (QED) is 0.903. The maximum Gasteiger partial charge on any atom is 0.00505 e. The van der Waals surface area contributed by atoms with E-state index in [1.165, 1.54) is 51.7 Å². The van der Waals surface area contributed by atoms with Gasteiger partial charge in [0.2, 0.25) is 0 Å². The van der Waals surface area contributed by atoms with Crippen LogP contribution in [0.4, 0.5) is 0 Å². The van der Waals surface area contributed by atoms with Gasteiger partial charge in [-0.1, -0.05) is 24.3 Å². The summed E-state index contributed by atoms with van der Waals surface area (Å²) in [6.45, 7) is 4.59. The lowest BCUT2D eigenvalue weighted by Crippen LogP contribution is -2.40. The van der Waals surface area contributed by atoms with E-state index in [4.69, 9.17) is 5.73 Å². The van der Waals surface area contributed by atoms with Crippen LogP contribution in [0.2, 0.25) is 0 Å². The van der Waals surface area contributed by atoms with E-state index in [2.05, 4.69) is 29.2 Å². The van der Waals surface area contributed by atoms with Gasteiger partial charge in [0.1, 0.15) is 0 Å². The molecule has 2 unspecified atom stereocenters. The van der Waals surface area contributed by atoms with Crippen LogP contribution in [0.25, 0.3) is 0 Å². The van der Waals surface area contributed by atoms with Gasteiger partial charge in [-0.3, -0.25) is 0 Å². The molecule has 1 heterocycles. The van der Waals surface area contributed by atoms with Crippen molar-refractivity contribution in [3.8, 4) is 0 Å². The minimum atomic E-state index is 0.729. The summed E-state index contributed by atoms with van der Waals surface area (Å²) in [5.74, 6) is 1.48. The smallest absolute Gasteiger partial charge is 0.00505 e. The average Bonchev–Trinajstić information content (AvgIpc) is 2.48. The number of aryl methyl sites for hydroxylation is 1. The predicted molar refractivity (Wildman–Crippen MR) is 80.3 cm³/mol. The molecule has 19 heavy (non-hydrogen) atoms. The Morgan fingerprint density at radius 2 is 2.05 bits per heavy atom. The first-order chi connectivity index (χ1) is 9.36. The predicted octanol–water partition coefficient (Wildman–Crippen LogP) is 2.78. The van der Waals surface area contributed by atoms with E-state index < -0.39 is 0 Å². The second-order valence-electron chi connectivity index (χ2n) is 6.29. The van der Waals surface area contributed by atoms with E-state index >= 15 is 0 Å². The van der Waals surface area contributed by atoms with E-state index in [9.17, 15) is 0 Å². The number of hydrogen-bond acceptors (Lipinski definition) is 2. The monoisotopic (exact) mass is 258 g/mol. The van der Waals surface area contributed by atoms with Gasteiger partial charge in [0, 0.05) is 13.1 Å². The highest BCUT2D eigenvalue weighted by Gasteiger charge is 2.25. The standard InChI is InChI=1S/C17H26N2/c18-11-14-5-4-10-19(12-14)13-16-8-3-7-15-6-1-2-9-17(15)16/h1-2,6,9,14,16H,3-5,7-8,10-13,18H2. The molecule has 1 saturated heterocycles. The van der Waals surface area contributed by atoms with Crippen LogP contribution in [-0.4, -0.2) is 31.1 Å². The number of nitrogens with zero attached hydrogens (tertiary/aromatic N) is 1. The number of fused-ring (bicyclic) bond motifs is 1. The van der Waals surface area contributed by atoms with Crippen molar-refractivity contribution < 1.29 is 0 Å². The molecule has 1 fully saturated rings. The Balaban J connectivity index is 1.67.